The van der Waals surface area contributed by atoms with Crippen LogP contribution in [0.2, 0.25) is 0 Å². The first-order chi connectivity index (χ1) is 9.61. The SMILES string of the molecule is CCCN(C(=O)c1cccc(F)c1)c1cccc(N)c1. The molecule has 2 N–H and O–H groups in total. The second-order valence-electron chi connectivity index (χ2n) is 4.56. The number of amides is 1. The Morgan fingerprint density at radius 3 is 2.60 bits per heavy atom. The number of benzene rings is 2. The molecule has 0 saturated heterocycles. The number of rotatable bonds is 4. The number of anilines is 2. The van der Waals surface area contributed by atoms with Gasteiger partial charge in [-0.2, -0.15) is 0 Å². The maximum absolute atomic E-state index is 13.3. The van der Waals surface area contributed by atoms with Gasteiger partial charge >= 0.3 is 0 Å². The van der Waals surface area contributed by atoms with Gasteiger partial charge in [-0.3, -0.25) is 4.79 Å². The molecule has 0 aromatic heterocycles. The molecule has 2 rings (SSSR count). The molecule has 1 amide bonds. The molecule has 0 fully saturated rings. The van der Waals surface area contributed by atoms with Crippen LogP contribution in [0.1, 0.15) is 23.7 Å². The Labute approximate surface area is 117 Å². The summed E-state index contributed by atoms with van der Waals surface area (Å²) in [5, 5.41) is 0. The van der Waals surface area contributed by atoms with E-state index in [4.69, 9.17) is 5.73 Å². The van der Waals surface area contributed by atoms with Crippen LogP contribution in [0.3, 0.4) is 0 Å². The second-order valence-corrected chi connectivity index (χ2v) is 4.56. The molecule has 104 valence electrons. The van der Waals surface area contributed by atoms with E-state index in [1.54, 1.807) is 29.2 Å². The van der Waals surface area contributed by atoms with E-state index in [-0.39, 0.29) is 5.91 Å². The molecule has 0 spiro atoms. The first-order valence-electron chi connectivity index (χ1n) is 6.55. The summed E-state index contributed by atoms with van der Waals surface area (Å²) in [4.78, 5) is 14.1. The van der Waals surface area contributed by atoms with Crippen molar-refractivity contribution in [2.24, 2.45) is 0 Å². The quantitative estimate of drug-likeness (QED) is 0.866. The third-order valence-electron chi connectivity index (χ3n) is 2.95. The van der Waals surface area contributed by atoms with Gasteiger partial charge in [-0.05, 0) is 42.8 Å². The van der Waals surface area contributed by atoms with Crippen molar-refractivity contribution in [1.82, 2.24) is 0 Å². The van der Waals surface area contributed by atoms with Gasteiger partial charge in [0.05, 0.1) is 0 Å². The van der Waals surface area contributed by atoms with E-state index in [2.05, 4.69) is 0 Å². The van der Waals surface area contributed by atoms with Crippen LogP contribution in [-0.2, 0) is 0 Å². The Bertz CT molecular complexity index is 613. The standard InChI is InChI=1S/C16H17FN2O/c1-2-9-19(15-8-4-7-14(18)11-15)16(20)12-5-3-6-13(17)10-12/h3-8,10-11H,2,9,18H2,1H3. The highest BCUT2D eigenvalue weighted by molar-refractivity contribution is 6.06. The van der Waals surface area contributed by atoms with Crippen LogP contribution in [0.25, 0.3) is 0 Å². The largest absolute Gasteiger partial charge is 0.399 e. The molecule has 2 aromatic carbocycles. The van der Waals surface area contributed by atoms with Crippen LogP contribution in [-0.4, -0.2) is 12.5 Å². The fourth-order valence-corrected chi connectivity index (χ4v) is 2.04. The Morgan fingerprint density at radius 1 is 1.20 bits per heavy atom. The third-order valence-corrected chi connectivity index (χ3v) is 2.95. The van der Waals surface area contributed by atoms with E-state index in [0.717, 1.165) is 12.1 Å². The molecule has 4 heteroatoms. The zero-order valence-electron chi connectivity index (χ0n) is 11.3. The molecule has 0 bridgehead atoms. The Morgan fingerprint density at radius 2 is 1.95 bits per heavy atom. The molecule has 0 heterocycles. The summed E-state index contributed by atoms with van der Waals surface area (Å²) in [6.07, 6.45) is 0.801. The number of carbonyl (C=O) groups excluding carboxylic acids is 1. The van der Waals surface area contributed by atoms with E-state index < -0.39 is 5.82 Å². The van der Waals surface area contributed by atoms with E-state index in [1.165, 1.54) is 18.2 Å². The summed E-state index contributed by atoms with van der Waals surface area (Å²) < 4.78 is 13.3. The van der Waals surface area contributed by atoms with Gasteiger partial charge in [0.25, 0.3) is 5.91 Å². The molecule has 0 atom stereocenters. The maximum atomic E-state index is 13.3. The van der Waals surface area contributed by atoms with Gasteiger partial charge in [-0.15, -0.1) is 0 Å². The molecule has 0 unspecified atom stereocenters. The van der Waals surface area contributed by atoms with Gasteiger partial charge in [0.2, 0.25) is 0 Å². The molecular formula is C16H17FN2O. The first kappa shape index (κ1) is 14.1. The van der Waals surface area contributed by atoms with Crippen LogP contribution in [0, 0.1) is 5.82 Å². The third kappa shape index (κ3) is 3.15. The number of carbonyl (C=O) groups is 1. The monoisotopic (exact) mass is 272 g/mol. The van der Waals surface area contributed by atoms with Crippen molar-refractivity contribution in [3.8, 4) is 0 Å². The van der Waals surface area contributed by atoms with Crippen LogP contribution in [0.5, 0.6) is 0 Å². The van der Waals surface area contributed by atoms with E-state index in [9.17, 15) is 9.18 Å². The van der Waals surface area contributed by atoms with Gasteiger partial charge in [-0.1, -0.05) is 19.1 Å². The number of nitrogen functional groups attached to an aromatic ring is 1. The Kier molecular flexibility index (Phi) is 4.35. The molecule has 0 saturated carbocycles. The first-order valence-corrected chi connectivity index (χ1v) is 6.55. The molecule has 0 radical (unpaired) electrons. The Balaban J connectivity index is 2.35. The van der Waals surface area contributed by atoms with E-state index >= 15 is 0 Å². The summed E-state index contributed by atoms with van der Waals surface area (Å²) in [6, 6.07) is 12.8. The highest BCUT2D eigenvalue weighted by Crippen LogP contribution is 2.20. The van der Waals surface area contributed by atoms with Gasteiger partial charge in [0.15, 0.2) is 0 Å². The van der Waals surface area contributed by atoms with E-state index in [1.807, 2.05) is 13.0 Å². The van der Waals surface area contributed by atoms with Crippen LogP contribution >= 0.6 is 0 Å². The van der Waals surface area contributed by atoms with Crippen molar-refractivity contribution in [2.75, 3.05) is 17.2 Å². The van der Waals surface area contributed by atoms with Crippen molar-refractivity contribution in [3.63, 3.8) is 0 Å². The molecule has 20 heavy (non-hydrogen) atoms. The van der Waals surface area contributed by atoms with Gasteiger partial charge in [0, 0.05) is 23.5 Å². The van der Waals surface area contributed by atoms with Gasteiger partial charge in [0.1, 0.15) is 5.82 Å². The van der Waals surface area contributed by atoms with E-state index in [0.29, 0.717) is 17.8 Å². The minimum Gasteiger partial charge on any atom is -0.399 e. The lowest BCUT2D eigenvalue weighted by molar-refractivity contribution is 0.0986. The summed E-state index contributed by atoms with van der Waals surface area (Å²) >= 11 is 0. The summed E-state index contributed by atoms with van der Waals surface area (Å²) in [7, 11) is 0. The fraction of sp³-hybridized carbons (Fsp3) is 0.188. The van der Waals surface area contributed by atoms with Gasteiger partial charge < -0.3 is 10.6 Å². The average Bonchev–Trinajstić information content (AvgIpc) is 2.44. The molecule has 2 aromatic rings. The predicted octanol–water partition coefficient (Wildman–Crippen LogP) is 3.46. The average molecular weight is 272 g/mol. The van der Waals surface area contributed by atoms with Crippen molar-refractivity contribution >= 4 is 17.3 Å². The zero-order valence-corrected chi connectivity index (χ0v) is 11.3. The topological polar surface area (TPSA) is 46.3 Å². The number of nitrogens with zero attached hydrogens (tertiary/aromatic N) is 1. The highest BCUT2D eigenvalue weighted by atomic mass is 19.1. The van der Waals surface area contributed by atoms with Crippen LogP contribution < -0.4 is 10.6 Å². The van der Waals surface area contributed by atoms with Crippen molar-refractivity contribution in [3.05, 3.63) is 59.9 Å². The molecule has 0 aliphatic heterocycles. The van der Waals surface area contributed by atoms with Crippen molar-refractivity contribution in [1.29, 1.82) is 0 Å². The number of hydrogen-bond acceptors (Lipinski definition) is 2. The number of halogens is 1. The molecule has 0 aliphatic carbocycles. The minimum atomic E-state index is -0.417. The van der Waals surface area contributed by atoms with Crippen molar-refractivity contribution < 1.29 is 9.18 Å². The summed E-state index contributed by atoms with van der Waals surface area (Å²) in [5.74, 6) is -0.642. The maximum Gasteiger partial charge on any atom is 0.258 e. The molecule has 3 nitrogen and oxygen atoms in total. The molecular weight excluding hydrogens is 255 g/mol. The zero-order chi connectivity index (χ0) is 14.5. The smallest absolute Gasteiger partial charge is 0.258 e. The van der Waals surface area contributed by atoms with Crippen LogP contribution in [0.4, 0.5) is 15.8 Å². The lowest BCUT2D eigenvalue weighted by Gasteiger charge is -2.22. The number of hydrogen-bond donors (Lipinski definition) is 1. The second kappa shape index (κ2) is 6.19. The minimum absolute atomic E-state index is 0.225. The van der Waals surface area contributed by atoms with Crippen molar-refractivity contribution in [2.45, 2.75) is 13.3 Å². The lowest BCUT2D eigenvalue weighted by Crippen LogP contribution is -2.31. The normalized spacial score (nSPS) is 10.3. The summed E-state index contributed by atoms with van der Waals surface area (Å²) in [5.41, 5.74) is 7.41. The van der Waals surface area contributed by atoms with Gasteiger partial charge in [-0.25, -0.2) is 4.39 Å². The summed E-state index contributed by atoms with van der Waals surface area (Å²) in [6.45, 7) is 2.54. The van der Waals surface area contributed by atoms with Crippen LogP contribution in [0.15, 0.2) is 48.5 Å². The highest BCUT2D eigenvalue weighted by Gasteiger charge is 2.17. The lowest BCUT2D eigenvalue weighted by atomic mass is 10.1. The molecule has 0 aliphatic rings. The number of nitrogens with two attached hydrogens (primary N) is 1. The predicted molar refractivity (Wildman–Crippen MR) is 79.2 cm³/mol. The Hall–Kier alpha value is -2.36. The fourth-order valence-electron chi connectivity index (χ4n) is 2.04.